The zero-order valence-corrected chi connectivity index (χ0v) is 25.1. The quantitative estimate of drug-likeness (QED) is 0.140. The summed E-state index contributed by atoms with van der Waals surface area (Å²) in [7, 11) is -0.777. The highest BCUT2D eigenvalue weighted by Gasteiger charge is 2.26. The first-order chi connectivity index (χ1) is 20.2. The second-order valence-electron chi connectivity index (χ2n) is 9.59. The van der Waals surface area contributed by atoms with Gasteiger partial charge < -0.3 is 0 Å². The number of rotatable bonds is 8. The first kappa shape index (κ1) is 27.3. The number of aliphatic imine (C=N–C) groups is 1. The minimum Gasteiger partial charge on any atom is -0.256 e. The van der Waals surface area contributed by atoms with Gasteiger partial charge in [-0.05, 0) is 35.2 Å². The van der Waals surface area contributed by atoms with Crippen LogP contribution in [0.2, 0.25) is 0 Å². The fraction of sp³-hybridized carbons (Fsp3) is 0. The largest absolute Gasteiger partial charge is 0.256 e. The predicted molar refractivity (Wildman–Crippen MR) is 185 cm³/mol. The summed E-state index contributed by atoms with van der Waals surface area (Å²) < 4.78 is 0. The first-order valence-electron chi connectivity index (χ1n) is 13.6. The van der Waals surface area contributed by atoms with Crippen LogP contribution in [0.1, 0.15) is 5.56 Å². The summed E-state index contributed by atoms with van der Waals surface area (Å²) in [5, 5.41) is 7.36. The SMILES string of the molecule is S=P(c1ccccc1)(c1ccccc1)c1ccccc1C=Nc1ccccc1P(c1ccccc1)c1ccccc1. The third-order valence-corrected chi connectivity index (χ3v) is 14.5. The van der Waals surface area contributed by atoms with E-state index in [1.807, 2.05) is 6.21 Å². The zero-order chi connectivity index (χ0) is 27.9. The van der Waals surface area contributed by atoms with Crippen LogP contribution in [-0.2, 0) is 11.8 Å². The molecule has 0 heterocycles. The lowest BCUT2D eigenvalue weighted by Crippen LogP contribution is -2.27. The summed E-state index contributed by atoms with van der Waals surface area (Å²) in [4.78, 5) is 5.17. The molecule has 0 aliphatic heterocycles. The van der Waals surface area contributed by atoms with E-state index in [-0.39, 0.29) is 0 Å². The Bertz CT molecular complexity index is 1720. The number of hydrogen-bond acceptors (Lipinski definition) is 2. The number of benzene rings is 6. The van der Waals surface area contributed by atoms with Crippen LogP contribution in [0.25, 0.3) is 0 Å². The predicted octanol–water partition coefficient (Wildman–Crippen LogP) is 6.95. The van der Waals surface area contributed by atoms with Gasteiger partial charge in [-0.3, -0.25) is 4.99 Å². The molecule has 6 aromatic rings. The molecule has 0 aliphatic rings. The highest BCUT2D eigenvalue weighted by atomic mass is 32.4. The van der Waals surface area contributed by atoms with Crippen molar-refractivity contribution in [2.45, 2.75) is 0 Å². The third kappa shape index (κ3) is 5.79. The van der Waals surface area contributed by atoms with Crippen molar-refractivity contribution >= 4 is 69.5 Å². The average molecular weight is 582 g/mol. The van der Waals surface area contributed by atoms with Gasteiger partial charge in [0.1, 0.15) is 0 Å². The molecule has 0 atom stereocenters. The number of para-hydroxylation sites is 1. The van der Waals surface area contributed by atoms with Crippen molar-refractivity contribution in [3.05, 3.63) is 175 Å². The third-order valence-electron chi connectivity index (χ3n) is 7.01. The van der Waals surface area contributed by atoms with Crippen LogP contribution in [0.5, 0.6) is 0 Å². The molecular formula is C37H29NP2S. The fourth-order valence-electron chi connectivity index (χ4n) is 5.07. The van der Waals surface area contributed by atoms with Gasteiger partial charge in [0.25, 0.3) is 0 Å². The van der Waals surface area contributed by atoms with Crippen LogP contribution < -0.4 is 31.8 Å². The summed E-state index contributed by atoms with van der Waals surface area (Å²) in [6.07, 6.45) is 2.02. The van der Waals surface area contributed by atoms with Crippen molar-refractivity contribution < 1.29 is 0 Å². The summed E-state index contributed by atoms with van der Waals surface area (Å²) >= 11 is 6.67. The smallest absolute Gasteiger partial charge is 0.0713 e. The highest BCUT2D eigenvalue weighted by molar-refractivity contribution is 8.25. The molecule has 1 nitrogen and oxygen atoms in total. The van der Waals surface area contributed by atoms with Crippen LogP contribution >= 0.6 is 14.0 Å². The van der Waals surface area contributed by atoms with E-state index in [1.165, 1.54) is 26.5 Å². The van der Waals surface area contributed by atoms with Gasteiger partial charge in [-0.25, -0.2) is 0 Å². The Balaban J connectivity index is 1.48. The molecule has 0 saturated carbocycles. The monoisotopic (exact) mass is 581 g/mol. The molecule has 4 heteroatoms. The van der Waals surface area contributed by atoms with Crippen molar-refractivity contribution in [1.82, 2.24) is 0 Å². The molecule has 0 radical (unpaired) electrons. The molecule has 198 valence electrons. The Kier molecular flexibility index (Phi) is 8.45. The summed E-state index contributed by atoms with van der Waals surface area (Å²) in [5.74, 6) is 0. The average Bonchev–Trinajstić information content (AvgIpc) is 3.06. The van der Waals surface area contributed by atoms with Crippen LogP contribution in [0.15, 0.2) is 175 Å². The number of nitrogens with zero attached hydrogens (tertiary/aromatic N) is 1. The van der Waals surface area contributed by atoms with Gasteiger partial charge in [-0.15, -0.1) is 0 Å². The van der Waals surface area contributed by atoms with Crippen molar-refractivity contribution in [2.75, 3.05) is 0 Å². The molecule has 0 saturated heterocycles. The van der Waals surface area contributed by atoms with Crippen molar-refractivity contribution in [1.29, 1.82) is 0 Å². The molecule has 6 aromatic carbocycles. The molecule has 0 bridgehead atoms. The normalized spacial score (nSPS) is 11.6. The van der Waals surface area contributed by atoms with E-state index in [2.05, 4.69) is 170 Å². The van der Waals surface area contributed by atoms with Gasteiger partial charge in [0.15, 0.2) is 0 Å². The standard InChI is InChI=1S/C37H29NP2S/c41-40(33-22-9-3-10-23-33,34-24-11-4-12-25-34)37-28-16-13-17-30(37)29-38-35-26-14-15-27-36(35)39(31-18-5-1-6-19-31)32-20-7-2-8-21-32/h1-29H. The maximum atomic E-state index is 6.67. The molecule has 0 spiro atoms. The topological polar surface area (TPSA) is 12.4 Å². The number of hydrogen-bond donors (Lipinski definition) is 0. The maximum Gasteiger partial charge on any atom is 0.0713 e. The minimum atomic E-state index is -2.32. The van der Waals surface area contributed by atoms with Gasteiger partial charge in [0.05, 0.1) is 5.69 Å². The second-order valence-corrected chi connectivity index (χ2v) is 16.2. The van der Waals surface area contributed by atoms with E-state index < -0.39 is 14.0 Å². The lowest BCUT2D eigenvalue weighted by molar-refractivity contribution is 1.56. The first-order valence-corrected chi connectivity index (χ1v) is 17.7. The van der Waals surface area contributed by atoms with Gasteiger partial charge in [0.2, 0.25) is 0 Å². The van der Waals surface area contributed by atoms with Gasteiger partial charge >= 0.3 is 0 Å². The molecule has 0 aromatic heterocycles. The van der Waals surface area contributed by atoms with E-state index >= 15 is 0 Å². The van der Waals surface area contributed by atoms with Crippen LogP contribution in [0.4, 0.5) is 5.69 Å². The molecule has 0 aliphatic carbocycles. The lowest BCUT2D eigenvalue weighted by Gasteiger charge is -2.25. The van der Waals surface area contributed by atoms with Gasteiger partial charge in [-0.1, -0.05) is 176 Å². The summed E-state index contributed by atoms with van der Waals surface area (Å²) in [6, 6.07) is 57.4. The Morgan fingerprint density at radius 2 is 0.927 bits per heavy atom. The molecule has 0 N–H and O–H groups in total. The molecule has 41 heavy (non-hydrogen) atoms. The molecule has 0 amide bonds. The zero-order valence-electron chi connectivity index (χ0n) is 22.5. The lowest BCUT2D eigenvalue weighted by atomic mass is 10.2. The van der Waals surface area contributed by atoms with E-state index in [1.54, 1.807) is 0 Å². The molecule has 0 unspecified atom stereocenters. The van der Waals surface area contributed by atoms with Crippen LogP contribution in [-0.4, -0.2) is 6.21 Å². The van der Waals surface area contributed by atoms with Crippen LogP contribution in [0, 0.1) is 0 Å². The summed E-state index contributed by atoms with van der Waals surface area (Å²) in [6.45, 7) is 0. The molecule has 6 rings (SSSR count). The highest BCUT2D eigenvalue weighted by Crippen LogP contribution is 2.43. The Hall–Kier alpha value is -3.93. The van der Waals surface area contributed by atoms with E-state index in [0.29, 0.717) is 0 Å². The van der Waals surface area contributed by atoms with E-state index in [9.17, 15) is 0 Å². The van der Waals surface area contributed by atoms with Crippen molar-refractivity contribution in [3.63, 3.8) is 0 Å². The Labute approximate surface area is 249 Å². The Morgan fingerprint density at radius 3 is 1.49 bits per heavy atom. The van der Waals surface area contributed by atoms with Crippen molar-refractivity contribution in [2.24, 2.45) is 4.99 Å². The fourth-order valence-corrected chi connectivity index (χ4v) is 11.5. The van der Waals surface area contributed by atoms with E-state index in [4.69, 9.17) is 16.8 Å². The van der Waals surface area contributed by atoms with Crippen molar-refractivity contribution in [3.8, 4) is 0 Å². The minimum absolute atomic E-state index is 0.777. The Morgan fingerprint density at radius 1 is 0.488 bits per heavy atom. The molecular weight excluding hydrogens is 552 g/mol. The van der Waals surface area contributed by atoms with Crippen LogP contribution in [0.3, 0.4) is 0 Å². The van der Waals surface area contributed by atoms with Gasteiger partial charge in [0, 0.05) is 28.4 Å². The second kappa shape index (κ2) is 12.7. The molecule has 0 fully saturated rings. The maximum absolute atomic E-state index is 6.67. The van der Waals surface area contributed by atoms with E-state index in [0.717, 1.165) is 16.6 Å². The van der Waals surface area contributed by atoms with Gasteiger partial charge in [-0.2, -0.15) is 0 Å². The summed E-state index contributed by atoms with van der Waals surface area (Å²) in [5.41, 5.74) is 2.04.